The van der Waals surface area contributed by atoms with Crippen molar-refractivity contribution in [1.29, 1.82) is 0 Å². The Labute approximate surface area is 112 Å². The normalized spacial score (nSPS) is 18.3. The third-order valence-corrected chi connectivity index (χ3v) is 3.14. The van der Waals surface area contributed by atoms with Gasteiger partial charge < -0.3 is 9.80 Å². The molecule has 0 N–H and O–H groups in total. The highest BCUT2D eigenvalue weighted by molar-refractivity contribution is 6.08. The quantitative estimate of drug-likeness (QED) is 0.400. The fourth-order valence-electron chi connectivity index (χ4n) is 1.96. The molecule has 1 fully saturated rings. The maximum Gasteiger partial charge on any atom is 0.0670 e. The molecule has 18 heavy (non-hydrogen) atoms. The van der Waals surface area contributed by atoms with Crippen LogP contribution in [0.1, 0.15) is 0 Å². The maximum atomic E-state index is 5.56. The van der Waals surface area contributed by atoms with Crippen molar-refractivity contribution in [3.8, 4) is 0 Å². The summed E-state index contributed by atoms with van der Waals surface area (Å²) in [6, 6.07) is 0. The SMILES string of the molecule is [B]CCN1CCN(C(=C)/C=C\C(C=C)=NC)CC1. The Morgan fingerprint density at radius 1 is 1.28 bits per heavy atom. The Kier molecular flexibility index (Phi) is 6.51. The summed E-state index contributed by atoms with van der Waals surface area (Å²) in [5.74, 6) is 0. The Balaban J connectivity index is 2.43. The minimum absolute atomic E-state index is 0.733. The highest BCUT2D eigenvalue weighted by Crippen LogP contribution is 2.09. The average molecular weight is 243 g/mol. The lowest BCUT2D eigenvalue weighted by atomic mass is 10.0. The second-order valence-electron chi connectivity index (χ2n) is 4.29. The lowest BCUT2D eigenvalue weighted by Gasteiger charge is -2.36. The van der Waals surface area contributed by atoms with Gasteiger partial charge in [-0.15, -0.1) is 0 Å². The van der Waals surface area contributed by atoms with Gasteiger partial charge in [0.2, 0.25) is 0 Å². The maximum absolute atomic E-state index is 5.56. The molecule has 1 aliphatic rings. The van der Waals surface area contributed by atoms with Crippen LogP contribution in [0.3, 0.4) is 0 Å². The van der Waals surface area contributed by atoms with E-state index in [0.29, 0.717) is 0 Å². The van der Waals surface area contributed by atoms with Crippen LogP contribution in [0.2, 0.25) is 6.32 Å². The fourth-order valence-corrected chi connectivity index (χ4v) is 1.96. The number of hydrogen-bond donors (Lipinski definition) is 0. The van der Waals surface area contributed by atoms with Crippen LogP contribution in [0.4, 0.5) is 0 Å². The van der Waals surface area contributed by atoms with Gasteiger partial charge in [-0.1, -0.05) is 19.5 Å². The van der Waals surface area contributed by atoms with E-state index in [1.54, 1.807) is 13.1 Å². The van der Waals surface area contributed by atoms with E-state index in [1.165, 1.54) is 0 Å². The number of nitrogens with zero attached hydrogens (tertiary/aromatic N) is 3. The molecule has 0 spiro atoms. The Hall–Kier alpha value is -1.29. The third-order valence-electron chi connectivity index (χ3n) is 3.14. The van der Waals surface area contributed by atoms with Gasteiger partial charge in [-0.25, -0.2) is 0 Å². The van der Waals surface area contributed by atoms with E-state index in [9.17, 15) is 0 Å². The van der Waals surface area contributed by atoms with Crippen LogP contribution in [0.25, 0.3) is 0 Å². The van der Waals surface area contributed by atoms with Gasteiger partial charge in [0.05, 0.1) is 13.6 Å². The number of rotatable bonds is 6. The van der Waals surface area contributed by atoms with Gasteiger partial charge in [-0.3, -0.25) is 4.99 Å². The zero-order valence-corrected chi connectivity index (χ0v) is 11.3. The first-order valence-electron chi connectivity index (χ1n) is 6.34. The molecule has 96 valence electrons. The molecule has 0 aromatic carbocycles. The van der Waals surface area contributed by atoms with Crippen molar-refractivity contribution in [3.05, 3.63) is 37.1 Å². The summed E-state index contributed by atoms with van der Waals surface area (Å²) in [7, 11) is 7.32. The van der Waals surface area contributed by atoms with Crippen molar-refractivity contribution in [2.75, 3.05) is 39.8 Å². The molecule has 0 saturated carbocycles. The van der Waals surface area contributed by atoms with E-state index >= 15 is 0 Å². The molecule has 1 rings (SSSR count). The Morgan fingerprint density at radius 3 is 2.44 bits per heavy atom. The lowest BCUT2D eigenvalue weighted by Crippen LogP contribution is -2.45. The minimum Gasteiger partial charge on any atom is -0.369 e. The molecule has 0 atom stereocenters. The third kappa shape index (κ3) is 4.53. The van der Waals surface area contributed by atoms with E-state index in [4.69, 9.17) is 7.85 Å². The molecule has 0 amide bonds. The fraction of sp³-hybridized carbons (Fsp3) is 0.500. The summed E-state index contributed by atoms with van der Waals surface area (Å²) in [5, 5.41) is 0. The molecule has 1 aliphatic heterocycles. The topological polar surface area (TPSA) is 18.8 Å². The molecule has 0 aromatic rings. The van der Waals surface area contributed by atoms with Gasteiger partial charge in [-0.2, -0.15) is 0 Å². The monoisotopic (exact) mass is 243 g/mol. The van der Waals surface area contributed by atoms with Crippen molar-refractivity contribution >= 4 is 13.6 Å². The summed E-state index contributed by atoms with van der Waals surface area (Å²) in [6.07, 6.45) is 6.42. The zero-order chi connectivity index (χ0) is 13.4. The molecule has 2 radical (unpaired) electrons. The smallest absolute Gasteiger partial charge is 0.0670 e. The number of hydrogen-bond acceptors (Lipinski definition) is 3. The van der Waals surface area contributed by atoms with Gasteiger partial charge >= 0.3 is 0 Å². The van der Waals surface area contributed by atoms with E-state index < -0.39 is 0 Å². The zero-order valence-electron chi connectivity index (χ0n) is 11.3. The van der Waals surface area contributed by atoms with E-state index in [1.807, 2.05) is 12.2 Å². The molecule has 0 aliphatic carbocycles. The number of aliphatic imine (C=N–C) groups is 1. The molecular weight excluding hydrogens is 221 g/mol. The minimum atomic E-state index is 0.733. The average Bonchev–Trinajstić information content (AvgIpc) is 2.41. The van der Waals surface area contributed by atoms with Crippen LogP contribution < -0.4 is 0 Å². The van der Waals surface area contributed by atoms with Crippen LogP contribution in [-0.2, 0) is 0 Å². The molecular formula is C14H22BN3. The molecule has 4 heteroatoms. The van der Waals surface area contributed by atoms with E-state index in [2.05, 4.69) is 28.0 Å². The van der Waals surface area contributed by atoms with Crippen LogP contribution in [0.5, 0.6) is 0 Å². The van der Waals surface area contributed by atoms with Gasteiger partial charge in [0.1, 0.15) is 0 Å². The Morgan fingerprint density at radius 2 is 1.94 bits per heavy atom. The first kappa shape index (κ1) is 14.8. The summed E-state index contributed by atoms with van der Waals surface area (Å²) < 4.78 is 0. The predicted octanol–water partition coefficient (Wildman–Crippen LogP) is 1.52. The van der Waals surface area contributed by atoms with Crippen LogP contribution >= 0.6 is 0 Å². The molecule has 1 saturated heterocycles. The highest BCUT2D eigenvalue weighted by Gasteiger charge is 2.15. The lowest BCUT2D eigenvalue weighted by molar-refractivity contribution is 0.169. The summed E-state index contributed by atoms with van der Waals surface area (Å²) in [5.41, 5.74) is 1.91. The first-order chi connectivity index (χ1) is 8.71. The largest absolute Gasteiger partial charge is 0.369 e. The van der Waals surface area contributed by atoms with Crippen molar-refractivity contribution in [2.45, 2.75) is 6.32 Å². The molecule has 0 bridgehead atoms. The van der Waals surface area contributed by atoms with Gasteiger partial charge in [0.15, 0.2) is 0 Å². The van der Waals surface area contributed by atoms with Crippen LogP contribution in [0.15, 0.2) is 42.1 Å². The van der Waals surface area contributed by atoms with Gasteiger partial charge in [0, 0.05) is 38.9 Å². The van der Waals surface area contributed by atoms with Gasteiger partial charge in [-0.05, 0) is 24.8 Å². The van der Waals surface area contributed by atoms with Crippen molar-refractivity contribution < 1.29 is 0 Å². The van der Waals surface area contributed by atoms with Crippen molar-refractivity contribution in [1.82, 2.24) is 9.80 Å². The molecule has 3 nitrogen and oxygen atoms in total. The van der Waals surface area contributed by atoms with E-state index in [0.717, 1.165) is 50.5 Å². The van der Waals surface area contributed by atoms with Crippen LogP contribution in [-0.4, -0.2) is 63.1 Å². The molecule has 0 aromatic heterocycles. The Bertz CT molecular complexity index is 339. The van der Waals surface area contributed by atoms with Crippen molar-refractivity contribution in [3.63, 3.8) is 0 Å². The summed E-state index contributed by atoms with van der Waals surface area (Å²) in [4.78, 5) is 8.77. The predicted molar refractivity (Wildman–Crippen MR) is 80.4 cm³/mol. The van der Waals surface area contributed by atoms with E-state index in [-0.39, 0.29) is 0 Å². The molecule has 0 unspecified atom stereocenters. The summed E-state index contributed by atoms with van der Waals surface area (Å²) in [6.45, 7) is 12.9. The van der Waals surface area contributed by atoms with Gasteiger partial charge in [0.25, 0.3) is 0 Å². The second-order valence-corrected chi connectivity index (χ2v) is 4.29. The first-order valence-corrected chi connectivity index (χ1v) is 6.34. The summed E-state index contributed by atoms with van der Waals surface area (Å²) >= 11 is 0. The van der Waals surface area contributed by atoms with Crippen molar-refractivity contribution in [2.24, 2.45) is 4.99 Å². The highest BCUT2D eigenvalue weighted by atomic mass is 15.3. The number of allylic oxidation sites excluding steroid dienone is 3. The number of piperazine rings is 1. The molecule has 1 heterocycles. The second kappa shape index (κ2) is 7.93. The van der Waals surface area contributed by atoms with Crippen LogP contribution in [0, 0.1) is 0 Å². The standard InChI is InChI=1S/C14H22BN3/c1-4-14(16-3)6-5-13(2)18-11-9-17(8-7-15)10-12-18/h4-6H,1-2,7-12H2,3H3/b6-5-,16-14?.